The zero-order chi connectivity index (χ0) is 12.3. The Hall–Kier alpha value is -1.55. The zero-order valence-corrected chi connectivity index (χ0v) is 11.2. The Morgan fingerprint density at radius 1 is 1.35 bits per heavy atom. The van der Waals surface area contributed by atoms with E-state index in [0.29, 0.717) is 0 Å². The third-order valence-corrected chi connectivity index (χ3v) is 3.27. The lowest BCUT2D eigenvalue weighted by Gasteiger charge is -2.10. The van der Waals surface area contributed by atoms with Gasteiger partial charge >= 0.3 is 0 Å². The van der Waals surface area contributed by atoms with Gasteiger partial charge in [-0.2, -0.15) is 0 Å². The number of rotatable bonds is 3. The predicted octanol–water partition coefficient (Wildman–Crippen LogP) is 3.35. The summed E-state index contributed by atoms with van der Waals surface area (Å²) in [5, 5.41) is 3.35. The van der Waals surface area contributed by atoms with E-state index in [2.05, 4.69) is 33.2 Å². The van der Waals surface area contributed by atoms with Crippen molar-refractivity contribution in [1.82, 2.24) is 4.98 Å². The molecule has 0 aliphatic heterocycles. The van der Waals surface area contributed by atoms with Gasteiger partial charge in [-0.15, -0.1) is 0 Å². The summed E-state index contributed by atoms with van der Waals surface area (Å²) in [7, 11) is 0. The molecule has 0 aliphatic carbocycles. The van der Waals surface area contributed by atoms with Gasteiger partial charge in [-0.05, 0) is 58.2 Å². The van der Waals surface area contributed by atoms with Crippen LogP contribution in [-0.4, -0.2) is 4.98 Å². The first kappa shape index (κ1) is 11.9. The zero-order valence-electron chi connectivity index (χ0n) is 9.57. The molecule has 0 spiro atoms. The maximum absolute atomic E-state index is 5.69. The Bertz CT molecular complexity index is 526. The molecule has 0 saturated carbocycles. The summed E-state index contributed by atoms with van der Waals surface area (Å²) in [5.74, 6) is 0. The van der Waals surface area contributed by atoms with E-state index in [1.54, 1.807) is 6.20 Å². The van der Waals surface area contributed by atoms with Crippen molar-refractivity contribution in [2.45, 2.75) is 13.5 Å². The van der Waals surface area contributed by atoms with Crippen molar-refractivity contribution < 1.29 is 0 Å². The van der Waals surface area contributed by atoms with Crippen LogP contribution in [0.25, 0.3) is 0 Å². The molecule has 0 saturated heterocycles. The molecule has 3 nitrogen and oxygen atoms in total. The van der Waals surface area contributed by atoms with E-state index in [1.807, 2.05) is 30.5 Å². The predicted molar refractivity (Wildman–Crippen MR) is 74.9 cm³/mol. The molecule has 0 unspecified atom stereocenters. The molecule has 2 aromatic rings. The normalized spacial score (nSPS) is 10.2. The first-order valence-corrected chi connectivity index (χ1v) is 6.14. The summed E-state index contributed by atoms with van der Waals surface area (Å²) in [4.78, 5) is 4.12. The first-order valence-electron chi connectivity index (χ1n) is 5.35. The first-order chi connectivity index (χ1) is 8.16. The Morgan fingerprint density at radius 2 is 2.18 bits per heavy atom. The van der Waals surface area contributed by atoms with Gasteiger partial charge < -0.3 is 11.1 Å². The van der Waals surface area contributed by atoms with Crippen LogP contribution in [0, 0.1) is 6.92 Å². The van der Waals surface area contributed by atoms with Crippen molar-refractivity contribution in [3.63, 3.8) is 0 Å². The van der Waals surface area contributed by atoms with Crippen LogP contribution in [0.4, 0.5) is 11.4 Å². The number of halogens is 1. The highest BCUT2D eigenvalue weighted by molar-refractivity contribution is 9.10. The van der Waals surface area contributed by atoms with Crippen molar-refractivity contribution in [3.05, 3.63) is 52.3 Å². The second-order valence-corrected chi connectivity index (χ2v) is 4.75. The summed E-state index contributed by atoms with van der Waals surface area (Å²) in [5.41, 5.74) is 9.90. The third-order valence-electron chi connectivity index (χ3n) is 2.61. The van der Waals surface area contributed by atoms with Gasteiger partial charge in [-0.25, -0.2) is 0 Å². The number of anilines is 2. The van der Waals surface area contributed by atoms with Crippen molar-refractivity contribution in [1.29, 1.82) is 0 Å². The number of nitrogen functional groups attached to an aromatic ring is 1. The number of benzene rings is 1. The molecule has 3 N–H and O–H groups in total. The topological polar surface area (TPSA) is 50.9 Å². The van der Waals surface area contributed by atoms with E-state index in [0.717, 1.165) is 22.4 Å². The van der Waals surface area contributed by atoms with Gasteiger partial charge in [-0.3, -0.25) is 4.98 Å². The second kappa shape index (κ2) is 5.19. The van der Waals surface area contributed by atoms with Crippen molar-refractivity contribution in [3.8, 4) is 0 Å². The molecule has 0 aliphatic rings. The lowest BCUT2D eigenvalue weighted by Crippen LogP contribution is -2.02. The Balaban J connectivity index is 2.10. The number of nitrogens with zero attached hydrogens (tertiary/aromatic N) is 1. The molecule has 0 bridgehead atoms. The average Bonchev–Trinajstić information content (AvgIpc) is 2.30. The largest absolute Gasteiger partial charge is 0.399 e. The number of hydrogen-bond acceptors (Lipinski definition) is 3. The molecule has 1 aromatic heterocycles. The maximum atomic E-state index is 5.69. The smallest absolute Gasteiger partial charge is 0.0488 e. The Labute approximate surface area is 109 Å². The molecular weight excluding hydrogens is 278 g/mol. The average molecular weight is 292 g/mol. The summed E-state index contributed by atoms with van der Waals surface area (Å²) >= 11 is 3.48. The lowest BCUT2D eigenvalue weighted by molar-refractivity contribution is 1.08. The van der Waals surface area contributed by atoms with Crippen LogP contribution in [0.5, 0.6) is 0 Å². The van der Waals surface area contributed by atoms with Crippen LogP contribution < -0.4 is 11.1 Å². The highest BCUT2D eigenvalue weighted by Crippen LogP contribution is 2.25. The molecule has 0 radical (unpaired) electrons. The molecule has 4 heteroatoms. The quantitative estimate of drug-likeness (QED) is 0.853. The Morgan fingerprint density at radius 3 is 2.88 bits per heavy atom. The number of nitrogens with two attached hydrogens (primary N) is 1. The van der Waals surface area contributed by atoms with Gasteiger partial charge in [0.25, 0.3) is 0 Å². The van der Waals surface area contributed by atoms with Gasteiger partial charge in [0.15, 0.2) is 0 Å². The third kappa shape index (κ3) is 2.97. The van der Waals surface area contributed by atoms with E-state index in [4.69, 9.17) is 5.73 Å². The van der Waals surface area contributed by atoms with Gasteiger partial charge in [0.05, 0.1) is 0 Å². The van der Waals surface area contributed by atoms with E-state index in [-0.39, 0.29) is 0 Å². The number of pyridine rings is 1. The summed E-state index contributed by atoms with van der Waals surface area (Å²) < 4.78 is 0.971. The molecule has 17 heavy (non-hydrogen) atoms. The number of aryl methyl sites for hydroxylation is 1. The molecule has 0 atom stereocenters. The second-order valence-electron chi connectivity index (χ2n) is 3.89. The molecule has 1 heterocycles. The summed E-state index contributed by atoms with van der Waals surface area (Å²) in [6.45, 7) is 2.83. The van der Waals surface area contributed by atoms with E-state index >= 15 is 0 Å². The fraction of sp³-hybridized carbons (Fsp3) is 0.154. The van der Waals surface area contributed by atoms with Crippen LogP contribution in [0.2, 0.25) is 0 Å². The van der Waals surface area contributed by atoms with Crippen LogP contribution in [0.3, 0.4) is 0 Å². The van der Waals surface area contributed by atoms with Crippen molar-refractivity contribution >= 4 is 27.3 Å². The lowest BCUT2D eigenvalue weighted by atomic mass is 10.1. The van der Waals surface area contributed by atoms with Crippen molar-refractivity contribution in [2.24, 2.45) is 0 Å². The number of hydrogen-bond donors (Lipinski definition) is 2. The van der Waals surface area contributed by atoms with Crippen LogP contribution in [0.1, 0.15) is 11.1 Å². The number of aromatic nitrogens is 1. The van der Waals surface area contributed by atoms with E-state index < -0.39 is 0 Å². The fourth-order valence-electron chi connectivity index (χ4n) is 1.55. The SMILES string of the molecule is Cc1ccncc1CNc1ccc(N)cc1Br. The minimum Gasteiger partial charge on any atom is -0.399 e. The highest BCUT2D eigenvalue weighted by atomic mass is 79.9. The number of nitrogens with one attached hydrogen (secondary N) is 1. The fourth-order valence-corrected chi connectivity index (χ4v) is 2.08. The Kier molecular flexibility index (Phi) is 3.64. The van der Waals surface area contributed by atoms with Crippen LogP contribution in [-0.2, 0) is 6.54 Å². The molecule has 88 valence electrons. The minimum absolute atomic E-state index is 0.750. The van der Waals surface area contributed by atoms with Crippen LogP contribution in [0.15, 0.2) is 41.1 Å². The van der Waals surface area contributed by atoms with E-state index in [1.165, 1.54) is 11.1 Å². The van der Waals surface area contributed by atoms with Gasteiger partial charge in [0.1, 0.15) is 0 Å². The van der Waals surface area contributed by atoms with Crippen LogP contribution >= 0.6 is 15.9 Å². The molecule has 1 aromatic carbocycles. The monoisotopic (exact) mass is 291 g/mol. The minimum atomic E-state index is 0.750. The van der Waals surface area contributed by atoms with Crippen molar-refractivity contribution in [2.75, 3.05) is 11.1 Å². The van der Waals surface area contributed by atoms with Gasteiger partial charge in [0, 0.05) is 34.8 Å². The van der Waals surface area contributed by atoms with E-state index in [9.17, 15) is 0 Å². The molecule has 0 amide bonds. The molecule has 0 fully saturated rings. The standard InChI is InChI=1S/C13H14BrN3/c1-9-4-5-16-7-10(9)8-17-13-3-2-11(15)6-12(13)14/h2-7,17H,8,15H2,1H3. The summed E-state index contributed by atoms with van der Waals surface area (Å²) in [6.07, 6.45) is 3.69. The van der Waals surface area contributed by atoms with Gasteiger partial charge in [-0.1, -0.05) is 0 Å². The maximum Gasteiger partial charge on any atom is 0.0488 e. The van der Waals surface area contributed by atoms with Gasteiger partial charge in [0.2, 0.25) is 0 Å². The summed E-state index contributed by atoms with van der Waals surface area (Å²) in [6, 6.07) is 7.74. The molecular formula is C13H14BrN3. The molecule has 2 rings (SSSR count). The highest BCUT2D eigenvalue weighted by Gasteiger charge is 2.01.